The van der Waals surface area contributed by atoms with Crippen molar-refractivity contribution in [3.8, 4) is 11.4 Å². The van der Waals surface area contributed by atoms with E-state index in [1.54, 1.807) is 0 Å². The van der Waals surface area contributed by atoms with E-state index in [2.05, 4.69) is 38.6 Å². The second kappa shape index (κ2) is 5.67. The van der Waals surface area contributed by atoms with Crippen molar-refractivity contribution in [2.45, 2.75) is 51.5 Å². The minimum absolute atomic E-state index is 0.421. The average Bonchev–Trinajstić information content (AvgIpc) is 3.31. The van der Waals surface area contributed by atoms with Crippen molar-refractivity contribution >= 4 is 0 Å². The van der Waals surface area contributed by atoms with Crippen LogP contribution in [-0.4, -0.2) is 49.8 Å². The summed E-state index contributed by atoms with van der Waals surface area (Å²) < 4.78 is 2.12. The first-order valence-electron chi connectivity index (χ1n) is 8.57. The Labute approximate surface area is 137 Å². The van der Waals surface area contributed by atoms with Crippen molar-refractivity contribution < 1.29 is 0 Å². The van der Waals surface area contributed by atoms with E-state index in [1.165, 1.54) is 12.8 Å². The van der Waals surface area contributed by atoms with Crippen LogP contribution in [0.2, 0.25) is 0 Å². The Hall–Kier alpha value is -1.82. The van der Waals surface area contributed by atoms with Gasteiger partial charge in [0.05, 0.1) is 17.3 Å². The van der Waals surface area contributed by atoms with Crippen molar-refractivity contribution in [2.24, 2.45) is 0 Å². The topological polar surface area (TPSA) is 59.7 Å². The van der Waals surface area contributed by atoms with Crippen LogP contribution in [0.4, 0.5) is 0 Å². The molecule has 2 aliphatic rings. The number of hydrogen-bond acceptors (Lipinski definition) is 5. The van der Waals surface area contributed by atoms with E-state index in [9.17, 15) is 0 Å². The van der Waals surface area contributed by atoms with Crippen LogP contribution >= 0.6 is 0 Å². The van der Waals surface area contributed by atoms with Crippen LogP contribution < -0.4 is 0 Å². The molecular weight excluding hydrogens is 288 g/mol. The SMILES string of the molecule is Cc1nc(-c2cnc(C3CC3)nc2C)n(C2CCN(C)CC2)n1. The van der Waals surface area contributed by atoms with Gasteiger partial charge in [-0.3, -0.25) is 0 Å². The molecule has 122 valence electrons. The van der Waals surface area contributed by atoms with E-state index in [1.807, 2.05) is 13.1 Å². The quantitative estimate of drug-likeness (QED) is 0.871. The average molecular weight is 312 g/mol. The number of aromatic nitrogens is 5. The van der Waals surface area contributed by atoms with Crippen molar-refractivity contribution in [3.63, 3.8) is 0 Å². The Morgan fingerprint density at radius 2 is 1.78 bits per heavy atom. The summed E-state index contributed by atoms with van der Waals surface area (Å²) in [5, 5.41) is 4.68. The van der Waals surface area contributed by atoms with Crippen LogP contribution in [0.1, 0.15) is 55.0 Å². The second-order valence-corrected chi connectivity index (χ2v) is 6.96. The number of piperidine rings is 1. The van der Waals surface area contributed by atoms with Gasteiger partial charge in [-0.2, -0.15) is 5.10 Å². The Bertz CT molecular complexity index is 710. The predicted molar refractivity (Wildman–Crippen MR) is 88.3 cm³/mol. The van der Waals surface area contributed by atoms with E-state index < -0.39 is 0 Å². The lowest BCUT2D eigenvalue weighted by atomic mass is 10.1. The highest BCUT2D eigenvalue weighted by Gasteiger charge is 2.28. The molecular formula is C17H24N6. The third-order valence-electron chi connectivity index (χ3n) is 4.95. The highest BCUT2D eigenvalue weighted by Crippen LogP contribution is 2.38. The molecule has 0 aromatic carbocycles. The Balaban J connectivity index is 1.68. The molecule has 1 saturated carbocycles. The highest BCUT2D eigenvalue weighted by atomic mass is 15.4. The number of aryl methyl sites for hydroxylation is 2. The first kappa shape index (κ1) is 14.8. The molecule has 0 radical (unpaired) electrons. The number of likely N-dealkylation sites (tertiary alicyclic amines) is 1. The van der Waals surface area contributed by atoms with Crippen LogP contribution in [0.5, 0.6) is 0 Å². The lowest BCUT2D eigenvalue weighted by Crippen LogP contribution is -2.32. The van der Waals surface area contributed by atoms with Gasteiger partial charge in [0.25, 0.3) is 0 Å². The minimum atomic E-state index is 0.421. The van der Waals surface area contributed by atoms with Gasteiger partial charge in [-0.1, -0.05) is 0 Å². The summed E-state index contributed by atoms with van der Waals surface area (Å²) in [4.78, 5) is 16.4. The molecule has 6 nitrogen and oxygen atoms in total. The predicted octanol–water partition coefficient (Wildman–Crippen LogP) is 2.50. The van der Waals surface area contributed by atoms with Gasteiger partial charge in [-0.05, 0) is 59.7 Å². The summed E-state index contributed by atoms with van der Waals surface area (Å²) in [6.07, 6.45) is 6.64. The third-order valence-corrected chi connectivity index (χ3v) is 4.95. The van der Waals surface area contributed by atoms with E-state index in [0.717, 1.165) is 54.7 Å². The molecule has 0 N–H and O–H groups in total. The van der Waals surface area contributed by atoms with Crippen molar-refractivity contribution in [1.29, 1.82) is 0 Å². The second-order valence-electron chi connectivity index (χ2n) is 6.96. The molecule has 3 heterocycles. The fourth-order valence-electron chi connectivity index (χ4n) is 3.35. The van der Waals surface area contributed by atoms with Gasteiger partial charge in [-0.15, -0.1) is 0 Å². The molecule has 0 bridgehead atoms. The van der Waals surface area contributed by atoms with E-state index in [4.69, 9.17) is 4.98 Å². The highest BCUT2D eigenvalue weighted by molar-refractivity contribution is 5.57. The smallest absolute Gasteiger partial charge is 0.162 e. The summed E-state index contributed by atoms with van der Waals surface area (Å²) in [5.41, 5.74) is 2.04. The molecule has 4 rings (SSSR count). The zero-order valence-electron chi connectivity index (χ0n) is 14.2. The van der Waals surface area contributed by atoms with Crippen molar-refractivity contribution in [3.05, 3.63) is 23.5 Å². The molecule has 6 heteroatoms. The maximum atomic E-state index is 4.72. The van der Waals surface area contributed by atoms with Crippen LogP contribution in [0.3, 0.4) is 0 Å². The molecule has 1 aliphatic carbocycles. The van der Waals surface area contributed by atoms with Crippen LogP contribution in [0.25, 0.3) is 11.4 Å². The van der Waals surface area contributed by atoms with Gasteiger partial charge in [0, 0.05) is 12.1 Å². The number of rotatable bonds is 3. The summed E-state index contributed by atoms with van der Waals surface area (Å²) in [6, 6.07) is 0.421. The molecule has 2 fully saturated rings. The molecule has 0 spiro atoms. The normalized spacial score (nSPS) is 20.1. The zero-order valence-corrected chi connectivity index (χ0v) is 14.2. The number of nitrogens with zero attached hydrogens (tertiary/aromatic N) is 6. The molecule has 2 aromatic rings. The molecule has 0 unspecified atom stereocenters. The molecule has 1 saturated heterocycles. The Kier molecular flexibility index (Phi) is 3.64. The van der Waals surface area contributed by atoms with E-state index in [0.29, 0.717) is 12.0 Å². The molecule has 0 amide bonds. The maximum absolute atomic E-state index is 4.72. The zero-order chi connectivity index (χ0) is 16.0. The van der Waals surface area contributed by atoms with Gasteiger partial charge < -0.3 is 4.90 Å². The van der Waals surface area contributed by atoms with Crippen LogP contribution in [0, 0.1) is 13.8 Å². The lowest BCUT2D eigenvalue weighted by Gasteiger charge is -2.29. The fourth-order valence-corrected chi connectivity index (χ4v) is 3.35. The molecule has 23 heavy (non-hydrogen) atoms. The van der Waals surface area contributed by atoms with Crippen LogP contribution in [0.15, 0.2) is 6.20 Å². The van der Waals surface area contributed by atoms with E-state index >= 15 is 0 Å². The standard InChI is InChI=1S/C17H24N6/c1-11-15(10-18-16(19-11)13-4-5-13)17-20-12(2)21-23(17)14-6-8-22(3)9-7-14/h10,13-14H,4-9H2,1-3H3. The first-order chi connectivity index (χ1) is 11.1. The Morgan fingerprint density at radius 1 is 1.04 bits per heavy atom. The van der Waals surface area contributed by atoms with Crippen LogP contribution in [-0.2, 0) is 0 Å². The van der Waals surface area contributed by atoms with Gasteiger partial charge in [0.2, 0.25) is 0 Å². The monoisotopic (exact) mass is 312 g/mol. The van der Waals surface area contributed by atoms with Crippen molar-refractivity contribution in [2.75, 3.05) is 20.1 Å². The Morgan fingerprint density at radius 3 is 2.43 bits per heavy atom. The molecule has 2 aromatic heterocycles. The van der Waals surface area contributed by atoms with Crippen molar-refractivity contribution in [1.82, 2.24) is 29.6 Å². The minimum Gasteiger partial charge on any atom is -0.306 e. The third kappa shape index (κ3) is 2.87. The van der Waals surface area contributed by atoms with Gasteiger partial charge in [0.15, 0.2) is 5.82 Å². The number of hydrogen-bond donors (Lipinski definition) is 0. The van der Waals surface area contributed by atoms with Gasteiger partial charge >= 0.3 is 0 Å². The fraction of sp³-hybridized carbons (Fsp3) is 0.647. The lowest BCUT2D eigenvalue weighted by molar-refractivity contribution is 0.213. The summed E-state index contributed by atoms with van der Waals surface area (Å²) >= 11 is 0. The molecule has 1 aliphatic heterocycles. The first-order valence-corrected chi connectivity index (χ1v) is 8.57. The maximum Gasteiger partial charge on any atom is 0.162 e. The summed E-state index contributed by atoms with van der Waals surface area (Å²) in [7, 11) is 2.18. The molecule has 0 atom stereocenters. The summed E-state index contributed by atoms with van der Waals surface area (Å²) in [5.74, 6) is 3.33. The van der Waals surface area contributed by atoms with Gasteiger partial charge in [0.1, 0.15) is 11.6 Å². The summed E-state index contributed by atoms with van der Waals surface area (Å²) in [6.45, 7) is 6.24. The largest absolute Gasteiger partial charge is 0.306 e. The van der Waals surface area contributed by atoms with E-state index in [-0.39, 0.29) is 0 Å². The van der Waals surface area contributed by atoms with Gasteiger partial charge in [-0.25, -0.2) is 19.6 Å².